The average Bonchev–Trinajstić information content (AvgIpc) is 3.20. The maximum absolute atomic E-state index is 13.9. The van der Waals surface area contributed by atoms with Crippen LogP contribution in [0, 0.1) is 17.1 Å². The lowest BCUT2D eigenvalue weighted by Crippen LogP contribution is -2.33. The number of benzene rings is 2. The second-order valence-electron chi connectivity index (χ2n) is 8.22. The van der Waals surface area contributed by atoms with Crippen LogP contribution >= 0.6 is 23.1 Å². The van der Waals surface area contributed by atoms with Crippen molar-refractivity contribution >= 4 is 51.5 Å². The van der Waals surface area contributed by atoms with Gasteiger partial charge in [-0.2, -0.15) is 5.26 Å². The van der Waals surface area contributed by atoms with E-state index in [9.17, 15) is 24.0 Å². The molecule has 0 radical (unpaired) electrons. The van der Waals surface area contributed by atoms with Gasteiger partial charge in [-0.05, 0) is 49.2 Å². The fourth-order valence-electron chi connectivity index (χ4n) is 3.84. The number of carbonyl (C=O) groups is 3. The van der Waals surface area contributed by atoms with Gasteiger partial charge in [0.15, 0.2) is 0 Å². The Kier molecular flexibility index (Phi) is 7.72. The van der Waals surface area contributed by atoms with E-state index in [0.29, 0.717) is 35.8 Å². The summed E-state index contributed by atoms with van der Waals surface area (Å²) in [6, 6.07) is 14.9. The molecule has 0 spiro atoms. The first-order valence-electron chi connectivity index (χ1n) is 11.2. The largest absolute Gasteiger partial charge is 0.337 e. The van der Waals surface area contributed by atoms with E-state index in [4.69, 9.17) is 0 Å². The zero-order chi connectivity index (χ0) is 25.8. The van der Waals surface area contributed by atoms with Gasteiger partial charge in [-0.15, -0.1) is 23.1 Å². The fraction of sp³-hybridized carbons (Fsp3) is 0.231. The molecule has 0 fully saturated rings. The van der Waals surface area contributed by atoms with Crippen molar-refractivity contribution in [3.05, 3.63) is 75.9 Å². The zero-order valence-electron chi connectivity index (χ0n) is 19.6. The van der Waals surface area contributed by atoms with Crippen LogP contribution in [-0.4, -0.2) is 34.4 Å². The Morgan fingerprint density at radius 3 is 2.67 bits per heavy atom. The molecule has 2 N–H and O–H groups in total. The molecule has 10 heteroatoms. The highest BCUT2D eigenvalue weighted by atomic mass is 32.2. The molecular formula is C26H23FN4O3S2. The normalized spacial score (nSPS) is 13.3. The van der Waals surface area contributed by atoms with Crippen LogP contribution in [-0.2, 0) is 22.6 Å². The molecule has 0 saturated carbocycles. The minimum absolute atomic E-state index is 0.0181. The van der Waals surface area contributed by atoms with Crippen LogP contribution in [0.5, 0.6) is 0 Å². The lowest BCUT2D eigenvalue weighted by atomic mass is 10.0. The number of thioether (sulfide) groups is 1. The third-order valence-corrected chi connectivity index (χ3v) is 7.97. The number of nitrogens with one attached hydrogen (secondary N) is 2. The minimum Gasteiger partial charge on any atom is -0.337 e. The summed E-state index contributed by atoms with van der Waals surface area (Å²) in [5.41, 5.74) is 1.78. The molecule has 36 heavy (non-hydrogen) atoms. The van der Waals surface area contributed by atoms with E-state index in [-0.39, 0.29) is 17.4 Å². The van der Waals surface area contributed by atoms with Gasteiger partial charge in [-0.25, -0.2) is 4.39 Å². The van der Waals surface area contributed by atoms with E-state index >= 15 is 0 Å². The minimum atomic E-state index is -0.605. The smallest absolute Gasteiger partial charge is 0.258 e. The summed E-state index contributed by atoms with van der Waals surface area (Å²) in [4.78, 5) is 40.5. The zero-order valence-corrected chi connectivity index (χ0v) is 21.3. The molecule has 3 aromatic rings. The Hall–Kier alpha value is -3.68. The lowest BCUT2D eigenvalue weighted by Gasteiger charge is -2.25. The van der Waals surface area contributed by atoms with Crippen molar-refractivity contribution < 1.29 is 18.8 Å². The number of anilines is 2. The summed E-state index contributed by atoms with van der Waals surface area (Å²) in [5.74, 6) is -1.45. The predicted octanol–water partition coefficient (Wildman–Crippen LogP) is 5.04. The Morgan fingerprint density at radius 2 is 1.94 bits per heavy atom. The number of hydrogen-bond donors (Lipinski definition) is 2. The van der Waals surface area contributed by atoms with Crippen molar-refractivity contribution in [2.45, 2.75) is 37.0 Å². The van der Waals surface area contributed by atoms with Gasteiger partial charge in [-0.3, -0.25) is 14.4 Å². The molecule has 1 aliphatic rings. The number of hydrogen-bond acceptors (Lipinski definition) is 6. The van der Waals surface area contributed by atoms with Crippen molar-refractivity contribution in [1.29, 1.82) is 5.26 Å². The maximum Gasteiger partial charge on any atom is 0.258 e. The fourth-order valence-corrected chi connectivity index (χ4v) is 5.98. The summed E-state index contributed by atoms with van der Waals surface area (Å²) in [6.45, 7) is 4.26. The number of halogens is 1. The Morgan fingerprint density at radius 1 is 1.17 bits per heavy atom. The molecule has 1 aliphatic heterocycles. The molecule has 2 heterocycles. The Balaban J connectivity index is 1.42. The molecule has 1 unspecified atom stereocenters. The molecule has 1 atom stereocenters. The highest BCUT2D eigenvalue weighted by molar-refractivity contribution is 8.00. The first-order valence-corrected chi connectivity index (χ1v) is 12.9. The lowest BCUT2D eigenvalue weighted by molar-refractivity contribution is -0.129. The number of thiophene rings is 1. The number of amides is 3. The quantitative estimate of drug-likeness (QED) is 0.442. The first kappa shape index (κ1) is 25.4. The number of nitrogens with zero attached hydrogens (tertiary/aromatic N) is 2. The molecule has 1 aromatic heterocycles. The van der Waals surface area contributed by atoms with Crippen molar-refractivity contribution in [2.75, 3.05) is 17.2 Å². The number of rotatable bonds is 6. The van der Waals surface area contributed by atoms with Gasteiger partial charge >= 0.3 is 0 Å². The van der Waals surface area contributed by atoms with Gasteiger partial charge in [0.2, 0.25) is 11.8 Å². The number of fused-ring (bicyclic) bond motifs is 1. The van der Waals surface area contributed by atoms with Crippen molar-refractivity contribution in [1.82, 2.24) is 4.90 Å². The van der Waals surface area contributed by atoms with Crippen LogP contribution in [0.3, 0.4) is 0 Å². The second-order valence-corrected chi connectivity index (χ2v) is 10.7. The van der Waals surface area contributed by atoms with Crippen LogP contribution in [0.2, 0.25) is 0 Å². The van der Waals surface area contributed by atoms with Crippen molar-refractivity contribution in [3.63, 3.8) is 0 Å². The van der Waals surface area contributed by atoms with Gasteiger partial charge in [-0.1, -0.05) is 18.2 Å². The molecule has 4 rings (SSSR count). The first-order chi connectivity index (χ1) is 17.3. The predicted molar refractivity (Wildman–Crippen MR) is 139 cm³/mol. The maximum atomic E-state index is 13.9. The number of nitriles is 1. The van der Waals surface area contributed by atoms with Crippen LogP contribution in [0.1, 0.15) is 40.2 Å². The van der Waals surface area contributed by atoms with E-state index < -0.39 is 17.0 Å². The SMILES string of the molecule is CC(=O)N1CCc2c(sc(NC(=O)C(C)Sc3cccc(NC(=O)c4ccccc4F)c3)c2C#N)C1. The Bertz CT molecular complexity index is 1380. The third-order valence-electron chi connectivity index (χ3n) is 5.74. The molecular weight excluding hydrogens is 499 g/mol. The summed E-state index contributed by atoms with van der Waals surface area (Å²) >= 11 is 2.63. The molecule has 184 valence electrons. The summed E-state index contributed by atoms with van der Waals surface area (Å²) in [6.07, 6.45) is 0.583. The summed E-state index contributed by atoms with van der Waals surface area (Å²) < 4.78 is 13.9. The van der Waals surface area contributed by atoms with E-state index in [2.05, 4.69) is 16.7 Å². The van der Waals surface area contributed by atoms with Crippen molar-refractivity contribution in [3.8, 4) is 6.07 Å². The molecule has 7 nitrogen and oxygen atoms in total. The standard InChI is InChI=1S/C26H23FN4O3S2/c1-15(24(33)30-26-21(13-28)19-10-11-31(16(2)32)14-23(19)36-26)35-18-7-5-6-17(12-18)29-25(34)20-8-3-4-9-22(20)27/h3-9,12,15H,10-11,14H2,1-2H3,(H,29,34)(H,30,33). The van der Waals surface area contributed by atoms with Gasteiger partial charge in [0, 0.05) is 28.9 Å². The van der Waals surface area contributed by atoms with Gasteiger partial charge in [0.25, 0.3) is 5.91 Å². The summed E-state index contributed by atoms with van der Waals surface area (Å²) in [5, 5.41) is 15.2. The van der Waals surface area contributed by atoms with Gasteiger partial charge < -0.3 is 15.5 Å². The molecule has 3 amide bonds. The number of carbonyl (C=O) groups excluding carboxylic acids is 3. The molecule has 0 aliphatic carbocycles. The molecule has 0 bridgehead atoms. The Labute approximate surface area is 216 Å². The van der Waals surface area contributed by atoms with Gasteiger partial charge in [0.1, 0.15) is 16.9 Å². The van der Waals surface area contributed by atoms with Crippen LogP contribution in [0.4, 0.5) is 15.1 Å². The average molecular weight is 523 g/mol. The molecule has 0 saturated heterocycles. The topological polar surface area (TPSA) is 102 Å². The van der Waals surface area contributed by atoms with Crippen LogP contribution in [0.15, 0.2) is 53.4 Å². The van der Waals surface area contributed by atoms with E-state index in [0.717, 1.165) is 15.3 Å². The highest BCUT2D eigenvalue weighted by Gasteiger charge is 2.27. The summed E-state index contributed by atoms with van der Waals surface area (Å²) in [7, 11) is 0. The second kappa shape index (κ2) is 10.9. The van der Waals surface area contributed by atoms with Crippen LogP contribution < -0.4 is 10.6 Å². The van der Waals surface area contributed by atoms with Crippen molar-refractivity contribution in [2.24, 2.45) is 0 Å². The highest BCUT2D eigenvalue weighted by Crippen LogP contribution is 2.37. The third kappa shape index (κ3) is 5.58. The van der Waals surface area contributed by atoms with E-state index in [1.807, 2.05) is 6.07 Å². The monoisotopic (exact) mass is 522 g/mol. The van der Waals surface area contributed by atoms with Gasteiger partial charge in [0.05, 0.1) is 22.9 Å². The molecule has 2 aromatic carbocycles. The van der Waals surface area contributed by atoms with E-state index in [1.54, 1.807) is 36.1 Å². The van der Waals surface area contributed by atoms with Crippen LogP contribution in [0.25, 0.3) is 0 Å². The van der Waals surface area contributed by atoms with E-state index in [1.165, 1.54) is 48.2 Å².